The van der Waals surface area contributed by atoms with E-state index in [0.29, 0.717) is 5.92 Å². The van der Waals surface area contributed by atoms with Gasteiger partial charge in [0.25, 0.3) is 0 Å². The zero-order valence-electron chi connectivity index (χ0n) is 27.5. The summed E-state index contributed by atoms with van der Waals surface area (Å²) in [5.41, 5.74) is 13.0. The lowest BCUT2D eigenvalue weighted by molar-refractivity contribution is 0.611. The van der Waals surface area contributed by atoms with Crippen LogP contribution in [0, 0.1) is 5.92 Å². The second kappa shape index (κ2) is 11.2. The van der Waals surface area contributed by atoms with Crippen molar-refractivity contribution in [1.82, 2.24) is 0 Å². The van der Waals surface area contributed by atoms with Crippen LogP contribution in [0.15, 0.2) is 158 Å². The van der Waals surface area contributed by atoms with Gasteiger partial charge < -0.3 is 4.90 Å². The van der Waals surface area contributed by atoms with Gasteiger partial charge in [-0.25, -0.2) is 0 Å². The second-order valence-corrected chi connectivity index (χ2v) is 14.8. The van der Waals surface area contributed by atoms with Crippen LogP contribution in [0.4, 0.5) is 11.4 Å². The van der Waals surface area contributed by atoms with Crippen molar-refractivity contribution in [2.75, 3.05) is 4.90 Å². The highest BCUT2D eigenvalue weighted by Crippen LogP contribution is 2.50. The molecule has 2 heteroatoms. The first-order chi connectivity index (χ1) is 23.5. The Hall–Kier alpha value is -5.18. The summed E-state index contributed by atoms with van der Waals surface area (Å²) in [5, 5.41) is 2.67. The molecule has 0 saturated heterocycles. The second-order valence-electron chi connectivity index (χ2n) is 13.8. The molecule has 9 rings (SSSR count). The van der Waals surface area contributed by atoms with Crippen LogP contribution in [0.1, 0.15) is 37.5 Å². The van der Waals surface area contributed by atoms with Crippen molar-refractivity contribution >= 4 is 48.5 Å². The highest BCUT2D eigenvalue weighted by molar-refractivity contribution is 7.26. The van der Waals surface area contributed by atoms with E-state index in [9.17, 15) is 0 Å². The van der Waals surface area contributed by atoms with Crippen molar-refractivity contribution in [3.05, 3.63) is 174 Å². The van der Waals surface area contributed by atoms with Crippen LogP contribution in [-0.2, 0) is 5.41 Å². The molecule has 0 amide bonds. The Morgan fingerprint density at radius 1 is 0.583 bits per heavy atom. The molecule has 1 nitrogen and oxygen atoms in total. The van der Waals surface area contributed by atoms with Crippen LogP contribution in [0.5, 0.6) is 0 Å². The Morgan fingerprint density at radius 3 is 2.10 bits per heavy atom. The standard InChI is InChI=1S/C46H37NS/c1-30-28-33(31-12-5-4-6-13-31)22-27-43(30)47(35-25-26-42-40(29-35)37-14-7-9-18-41(37)46(42,2)3)34-23-20-32(21-24-34)36-16-11-17-39-38-15-8-10-19-44(38)48-45(36)39/h4-30,43H,1-3H3. The number of thiophene rings is 1. The lowest BCUT2D eigenvalue weighted by Gasteiger charge is -2.37. The van der Waals surface area contributed by atoms with Gasteiger partial charge >= 0.3 is 0 Å². The zero-order chi connectivity index (χ0) is 32.4. The van der Waals surface area contributed by atoms with Gasteiger partial charge in [-0.2, -0.15) is 0 Å². The minimum absolute atomic E-state index is 0.0180. The molecule has 48 heavy (non-hydrogen) atoms. The molecule has 2 aliphatic carbocycles. The van der Waals surface area contributed by atoms with Gasteiger partial charge in [-0.15, -0.1) is 11.3 Å². The molecule has 2 aliphatic rings. The maximum Gasteiger partial charge on any atom is 0.0585 e. The highest BCUT2D eigenvalue weighted by Gasteiger charge is 2.36. The molecule has 0 saturated carbocycles. The van der Waals surface area contributed by atoms with Crippen molar-refractivity contribution in [3.63, 3.8) is 0 Å². The van der Waals surface area contributed by atoms with Gasteiger partial charge in [0.1, 0.15) is 0 Å². The van der Waals surface area contributed by atoms with E-state index in [4.69, 9.17) is 0 Å². The highest BCUT2D eigenvalue weighted by atomic mass is 32.1. The van der Waals surface area contributed by atoms with E-state index in [1.807, 2.05) is 11.3 Å². The fourth-order valence-electron chi connectivity index (χ4n) is 8.09. The monoisotopic (exact) mass is 635 g/mol. The fourth-order valence-corrected chi connectivity index (χ4v) is 9.32. The molecule has 1 aromatic heterocycles. The quantitative estimate of drug-likeness (QED) is 0.182. The first-order valence-corrected chi connectivity index (χ1v) is 17.8. The Morgan fingerprint density at radius 2 is 1.27 bits per heavy atom. The van der Waals surface area contributed by atoms with Crippen molar-refractivity contribution < 1.29 is 0 Å². The average Bonchev–Trinajstić information content (AvgIpc) is 3.62. The fraction of sp³-hybridized carbons (Fsp3) is 0.130. The Labute approximate surface area is 287 Å². The summed E-state index contributed by atoms with van der Waals surface area (Å²) < 4.78 is 2.69. The predicted molar refractivity (Wildman–Crippen MR) is 207 cm³/mol. The maximum atomic E-state index is 2.55. The summed E-state index contributed by atoms with van der Waals surface area (Å²) in [4.78, 5) is 2.55. The number of allylic oxidation sites excluding steroid dienone is 2. The number of rotatable bonds is 5. The van der Waals surface area contributed by atoms with Crippen LogP contribution in [-0.4, -0.2) is 6.04 Å². The van der Waals surface area contributed by atoms with Gasteiger partial charge in [0.15, 0.2) is 0 Å². The summed E-state index contributed by atoms with van der Waals surface area (Å²) >= 11 is 1.89. The van der Waals surface area contributed by atoms with Crippen LogP contribution in [0.3, 0.4) is 0 Å². The van der Waals surface area contributed by atoms with Crippen molar-refractivity contribution in [2.24, 2.45) is 5.92 Å². The van der Waals surface area contributed by atoms with Crippen LogP contribution >= 0.6 is 11.3 Å². The van der Waals surface area contributed by atoms with Crippen LogP contribution in [0.2, 0.25) is 0 Å². The first kappa shape index (κ1) is 29.0. The number of anilines is 2. The smallest absolute Gasteiger partial charge is 0.0585 e. The van der Waals surface area contributed by atoms with E-state index in [2.05, 4.69) is 183 Å². The first-order valence-electron chi connectivity index (χ1n) is 17.0. The zero-order valence-corrected chi connectivity index (χ0v) is 28.3. The number of hydrogen-bond donors (Lipinski definition) is 0. The molecule has 0 fully saturated rings. The SMILES string of the molecule is CC1C=C(c2ccccc2)C=CC1N(c1ccc(-c2cccc3c2sc2ccccc23)cc1)c1ccc2c(c1)-c1ccccc1C2(C)C. The molecule has 232 valence electrons. The maximum absolute atomic E-state index is 2.55. The predicted octanol–water partition coefficient (Wildman–Crippen LogP) is 12.8. The molecule has 0 N–H and O–H groups in total. The van der Waals surface area contributed by atoms with Crippen LogP contribution in [0.25, 0.3) is 48.0 Å². The minimum Gasteiger partial charge on any atom is -0.334 e. The third-order valence-corrected chi connectivity index (χ3v) is 11.8. The van der Waals surface area contributed by atoms with Gasteiger partial charge in [-0.05, 0) is 80.8 Å². The van der Waals surface area contributed by atoms with E-state index in [-0.39, 0.29) is 11.5 Å². The summed E-state index contributed by atoms with van der Waals surface area (Å²) in [6.45, 7) is 7.06. The van der Waals surface area contributed by atoms with Gasteiger partial charge in [-0.1, -0.05) is 148 Å². The molecule has 6 aromatic carbocycles. The lowest BCUT2D eigenvalue weighted by Crippen LogP contribution is -2.35. The summed E-state index contributed by atoms with van der Waals surface area (Å²) in [7, 11) is 0. The van der Waals surface area contributed by atoms with Crippen LogP contribution < -0.4 is 4.90 Å². The summed E-state index contributed by atoms with van der Waals surface area (Å²) in [5.74, 6) is 0.300. The van der Waals surface area contributed by atoms with Gasteiger partial charge in [0.05, 0.1) is 6.04 Å². The average molecular weight is 636 g/mol. The summed E-state index contributed by atoms with van der Waals surface area (Å²) in [6, 6.07) is 51.7. The Balaban J connectivity index is 1.15. The van der Waals surface area contributed by atoms with Gasteiger partial charge in [0, 0.05) is 37.0 Å². The van der Waals surface area contributed by atoms with E-state index in [0.717, 1.165) is 0 Å². The molecule has 7 aromatic rings. The van der Waals surface area contributed by atoms with Crippen molar-refractivity contribution in [3.8, 4) is 22.3 Å². The molecule has 1 heterocycles. The third-order valence-electron chi connectivity index (χ3n) is 10.6. The molecular formula is C46H37NS. The van der Waals surface area contributed by atoms with E-state index in [1.54, 1.807) is 0 Å². The number of benzene rings is 6. The molecular weight excluding hydrogens is 599 g/mol. The number of fused-ring (bicyclic) bond motifs is 6. The normalized spacial score (nSPS) is 17.7. The topological polar surface area (TPSA) is 3.24 Å². The lowest BCUT2D eigenvalue weighted by atomic mass is 9.82. The Kier molecular flexibility index (Phi) is 6.78. The molecule has 2 unspecified atom stereocenters. The molecule has 0 spiro atoms. The molecule has 0 bridgehead atoms. The molecule has 0 radical (unpaired) electrons. The van der Waals surface area contributed by atoms with Gasteiger partial charge in [0.2, 0.25) is 0 Å². The van der Waals surface area contributed by atoms with E-state index in [1.165, 1.54) is 76.1 Å². The number of hydrogen-bond acceptors (Lipinski definition) is 2. The Bertz CT molecular complexity index is 2390. The third kappa shape index (κ3) is 4.58. The number of nitrogens with zero attached hydrogens (tertiary/aromatic N) is 1. The van der Waals surface area contributed by atoms with Crippen molar-refractivity contribution in [1.29, 1.82) is 0 Å². The van der Waals surface area contributed by atoms with E-state index >= 15 is 0 Å². The largest absolute Gasteiger partial charge is 0.334 e. The molecule has 2 atom stereocenters. The minimum atomic E-state index is -0.0180. The van der Waals surface area contributed by atoms with E-state index < -0.39 is 0 Å². The summed E-state index contributed by atoms with van der Waals surface area (Å²) in [6.07, 6.45) is 7.16. The van der Waals surface area contributed by atoms with Crippen molar-refractivity contribution in [2.45, 2.75) is 32.2 Å². The van der Waals surface area contributed by atoms with Gasteiger partial charge in [-0.3, -0.25) is 0 Å². The molecule has 0 aliphatic heterocycles.